The van der Waals surface area contributed by atoms with Crippen molar-refractivity contribution in [2.45, 2.75) is 40.0 Å². The van der Waals surface area contributed by atoms with Gasteiger partial charge in [0, 0.05) is 19.2 Å². The van der Waals surface area contributed by atoms with Gasteiger partial charge in [0.1, 0.15) is 11.2 Å². The first-order chi connectivity index (χ1) is 9.41. The van der Waals surface area contributed by atoms with Gasteiger partial charge in [-0.1, -0.05) is 5.16 Å². The summed E-state index contributed by atoms with van der Waals surface area (Å²) in [6.45, 7) is 6.50. The Kier molecular flexibility index (Phi) is 4.11. The Balaban J connectivity index is 2.04. The second-order valence-electron chi connectivity index (χ2n) is 5.75. The second-order valence-corrected chi connectivity index (χ2v) is 5.75. The maximum atomic E-state index is 12.5. The molecule has 1 N–H and O–H groups in total. The van der Waals surface area contributed by atoms with E-state index in [1.807, 2.05) is 0 Å². The predicted octanol–water partition coefficient (Wildman–Crippen LogP) is 1.96. The Hall–Kier alpha value is -1.85. The van der Waals surface area contributed by atoms with Gasteiger partial charge in [-0.15, -0.1) is 0 Å². The van der Waals surface area contributed by atoms with Gasteiger partial charge in [-0.05, 0) is 40.0 Å². The van der Waals surface area contributed by atoms with Crippen LogP contribution in [0.3, 0.4) is 0 Å². The molecule has 1 aliphatic heterocycles. The van der Waals surface area contributed by atoms with E-state index in [2.05, 4.69) is 10.5 Å². The number of amides is 2. The molecular weight excluding hydrogens is 258 g/mol. The molecule has 1 fully saturated rings. The number of likely N-dealkylation sites (tertiary alicyclic amines) is 1. The van der Waals surface area contributed by atoms with Crippen LogP contribution >= 0.6 is 0 Å². The third-order valence-corrected chi connectivity index (χ3v) is 3.62. The number of carbonyl (C=O) groups is 2. The van der Waals surface area contributed by atoms with Gasteiger partial charge in [0.15, 0.2) is 5.82 Å². The van der Waals surface area contributed by atoms with Crippen LogP contribution in [0, 0.1) is 12.3 Å². The van der Waals surface area contributed by atoms with Gasteiger partial charge in [0.25, 0.3) is 0 Å². The Labute approximate surface area is 118 Å². The zero-order valence-electron chi connectivity index (χ0n) is 12.2. The zero-order valence-corrected chi connectivity index (χ0v) is 12.2. The minimum Gasteiger partial charge on any atom is -0.360 e. The molecule has 1 saturated heterocycles. The highest BCUT2D eigenvalue weighted by atomic mass is 16.5. The minimum atomic E-state index is -1.11. The number of rotatable bonds is 3. The highest BCUT2D eigenvalue weighted by Crippen LogP contribution is 2.24. The predicted molar refractivity (Wildman–Crippen MR) is 74.1 cm³/mol. The molecule has 6 nitrogen and oxygen atoms in total. The van der Waals surface area contributed by atoms with Crippen LogP contribution in [0.4, 0.5) is 5.82 Å². The van der Waals surface area contributed by atoms with Gasteiger partial charge in [0.05, 0.1) is 0 Å². The molecule has 0 aliphatic carbocycles. The lowest BCUT2D eigenvalue weighted by Crippen LogP contribution is -2.49. The molecule has 0 radical (unpaired) electrons. The van der Waals surface area contributed by atoms with Gasteiger partial charge in [0.2, 0.25) is 11.8 Å². The van der Waals surface area contributed by atoms with Gasteiger partial charge >= 0.3 is 0 Å². The number of hydrogen-bond acceptors (Lipinski definition) is 4. The fourth-order valence-electron chi connectivity index (χ4n) is 2.29. The van der Waals surface area contributed by atoms with Gasteiger partial charge in [-0.2, -0.15) is 0 Å². The van der Waals surface area contributed by atoms with Crippen molar-refractivity contribution in [1.82, 2.24) is 10.1 Å². The Bertz CT molecular complexity index is 502. The van der Waals surface area contributed by atoms with Crippen LogP contribution in [0.1, 0.15) is 38.9 Å². The number of nitrogens with one attached hydrogen (secondary N) is 1. The lowest BCUT2D eigenvalue weighted by atomic mass is 9.89. The molecule has 2 rings (SSSR count). The summed E-state index contributed by atoms with van der Waals surface area (Å²) in [5, 5.41) is 6.34. The van der Waals surface area contributed by atoms with E-state index in [4.69, 9.17) is 4.52 Å². The van der Waals surface area contributed by atoms with Crippen LogP contribution in [-0.4, -0.2) is 35.0 Å². The maximum absolute atomic E-state index is 12.5. The van der Waals surface area contributed by atoms with E-state index in [1.54, 1.807) is 31.7 Å². The quantitative estimate of drug-likeness (QED) is 0.858. The number of aromatic nitrogens is 1. The van der Waals surface area contributed by atoms with Crippen molar-refractivity contribution in [3.8, 4) is 0 Å². The molecule has 2 heterocycles. The molecule has 1 aromatic rings. The first-order valence-electron chi connectivity index (χ1n) is 6.95. The average Bonchev–Trinajstić information content (AvgIpc) is 2.84. The molecule has 0 atom stereocenters. The molecule has 0 bridgehead atoms. The summed E-state index contributed by atoms with van der Waals surface area (Å²) in [4.78, 5) is 26.5. The third-order valence-electron chi connectivity index (χ3n) is 3.62. The standard InChI is InChI=1S/C14H21N3O3/c1-10-9-11(16-20-10)15-12(18)14(2,3)13(19)17-7-5-4-6-8-17/h9H,4-8H2,1-3H3,(H,15,16,18). The van der Waals surface area contributed by atoms with Crippen LogP contribution in [0.2, 0.25) is 0 Å². The molecular formula is C14H21N3O3. The van der Waals surface area contributed by atoms with Crippen LogP contribution in [0.15, 0.2) is 10.6 Å². The lowest BCUT2D eigenvalue weighted by molar-refractivity contribution is -0.147. The Morgan fingerprint density at radius 1 is 1.30 bits per heavy atom. The van der Waals surface area contributed by atoms with E-state index < -0.39 is 5.41 Å². The molecule has 6 heteroatoms. The molecule has 0 spiro atoms. The fraction of sp³-hybridized carbons (Fsp3) is 0.643. The molecule has 0 unspecified atom stereocenters. The first kappa shape index (κ1) is 14.6. The summed E-state index contributed by atoms with van der Waals surface area (Å²) in [5.74, 6) is 0.462. The van der Waals surface area contributed by atoms with E-state index >= 15 is 0 Å². The van der Waals surface area contributed by atoms with E-state index in [9.17, 15) is 9.59 Å². The number of aryl methyl sites for hydroxylation is 1. The smallest absolute Gasteiger partial charge is 0.240 e. The van der Waals surface area contributed by atoms with E-state index in [0.29, 0.717) is 11.6 Å². The normalized spacial score (nSPS) is 16.1. The molecule has 110 valence electrons. The third kappa shape index (κ3) is 3.00. The molecule has 20 heavy (non-hydrogen) atoms. The highest BCUT2D eigenvalue weighted by molar-refractivity contribution is 6.09. The molecule has 2 amide bonds. The second kappa shape index (κ2) is 5.64. The Morgan fingerprint density at radius 3 is 2.50 bits per heavy atom. The summed E-state index contributed by atoms with van der Waals surface area (Å²) in [5.41, 5.74) is -1.11. The number of hydrogen-bond donors (Lipinski definition) is 1. The van der Waals surface area contributed by atoms with Crippen molar-refractivity contribution in [2.75, 3.05) is 18.4 Å². The summed E-state index contributed by atoms with van der Waals surface area (Å²) in [6, 6.07) is 1.62. The van der Waals surface area contributed by atoms with Crippen molar-refractivity contribution in [1.29, 1.82) is 0 Å². The monoisotopic (exact) mass is 279 g/mol. The molecule has 0 aromatic carbocycles. The zero-order chi connectivity index (χ0) is 14.8. The van der Waals surface area contributed by atoms with Crippen LogP contribution < -0.4 is 5.32 Å². The van der Waals surface area contributed by atoms with Crippen molar-refractivity contribution < 1.29 is 14.1 Å². The van der Waals surface area contributed by atoms with Crippen LogP contribution in [0.25, 0.3) is 0 Å². The van der Waals surface area contributed by atoms with Crippen molar-refractivity contribution in [2.24, 2.45) is 5.41 Å². The van der Waals surface area contributed by atoms with Crippen LogP contribution in [-0.2, 0) is 9.59 Å². The minimum absolute atomic E-state index is 0.130. The van der Waals surface area contributed by atoms with Crippen molar-refractivity contribution in [3.63, 3.8) is 0 Å². The van der Waals surface area contributed by atoms with E-state index in [-0.39, 0.29) is 11.8 Å². The number of carbonyl (C=O) groups excluding carboxylic acids is 2. The number of nitrogens with zero attached hydrogens (tertiary/aromatic N) is 2. The van der Waals surface area contributed by atoms with Crippen LogP contribution in [0.5, 0.6) is 0 Å². The van der Waals surface area contributed by atoms with Gasteiger partial charge < -0.3 is 14.7 Å². The SMILES string of the molecule is Cc1cc(NC(=O)C(C)(C)C(=O)N2CCCCC2)no1. The van der Waals surface area contributed by atoms with Crippen molar-refractivity contribution in [3.05, 3.63) is 11.8 Å². The van der Waals surface area contributed by atoms with E-state index in [0.717, 1.165) is 32.4 Å². The molecule has 1 aliphatic rings. The average molecular weight is 279 g/mol. The largest absolute Gasteiger partial charge is 0.360 e. The molecule has 1 aromatic heterocycles. The molecule has 0 saturated carbocycles. The summed E-state index contributed by atoms with van der Waals surface area (Å²) < 4.78 is 4.89. The summed E-state index contributed by atoms with van der Waals surface area (Å²) >= 11 is 0. The summed E-state index contributed by atoms with van der Waals surface area (Å²) in [7, 11) is 0. The lowest BCUT2D eigenvalue weighted by Gasteiger charge is -2.33. The number of anilines is 1. The summed E-state index contributed by atoms with van der Waals surface area (Å²) in [6.07, 6.45) is 3.16. The fourth-order valence-corrected chi connectivity index (χ4v) is 2.29. The Morgan fingerprint density at radius 2 is 1.95 bits per heavy atom. The first-order valence-corrected chi connectivity index (χ1v) is 6.95. The topological polar surface area (TPSA) is 75.4 Å². The number of piperidine rings is 1. The van der Waals surface area contributed by atoms with E-state index in [1.165, 1.54) is 0 Å². The van der Waals surface area contributed by atoms with Gasteiger partial charge in [-0.3, -0.25) is 9.59 Å². The van der Waals surface area contributed by atoms with Crippen molar-refractivity contribution >= 4 is 17.6 Å². The van der Waals surface area contributed by atoms with Gasteiger partial charge in [-0.25, -0.2) is 0 Å². The maximum Gasteiger partial charge on any atom is 0.240 e. The highest BCUT2D eigenvalue weighted by Gasteiger charge is 2.39.